The van der Waals surface area contributed by atoms with Crippen LogP contribution in [-0.2, 0) is 24.3 Å². The normalized spacial score (nSPS) is 14.6. The van der Waals surface area contributed by atoms with Gasteiger partial charge in [-0.25, -0.2) is 0 Å². The zero-order valence-electron chi connectivity index (χ0n) is 17.7. The van der Waals surface area contributed by atoms with E-state index in [1.54, 1.807) is 6.20 Å². The van der Waals surface area contributed by atoms with Gasteiger partial charge >= 0.3 is 0 Å². The van der Waals surface area contributed by atoms with Gasteiger partial charge < -0.3 is 10.6 Å². The summed E-state index contributed by atoms with van der Waals surface area (Å²) in [6.45, 7) is 6.99. The van der Waals surface area contributed by atoms with Gasteiger partial charge in [-0.05, 0) is 61.2 Å². The molecule has 1 atom stereocenters. The molecule has 3 aromatic rings. The van der Waals surface area contributed by atoms with Crippen molar-refractivity contribution in [3.05, 3.63) is 82.4 Å². The highest BCUT2D eigenvalue weighted by Crippen LogP contribution is 2.24. The van der Waals surface area contributed by atoms with E-state index in [4.69, 9.17) is 0 Å². The van der Waals surface area contributed by atoms with Gasteiger partial charge in [-0.2, -0.15) is 5.10 Å². The Morgan fingerprint density at radius 3 is 2.90 bits per heavy atom. The van der Waals surface area contributed by atoms with Crippen molar-refractivity contribution in [3.8, 4) is 0 Å². The Bertz CT molecular complexity index is 988. The zero-order valence-corrected chi connectivity index (χ0v) is 17.7. The molecule has 0 saturated heterocycles. The third-order valence-electron chi connectivity index (χ3n) is 5.74. The molecule has 0 bridgehead atoms. The Kier molecular flexibility index (Phi) is 6.23. The topological polar surface area (TPSA) is 71.8 Å². The Hall–Kier alpha value is -2.99. The number of carbonyl (C=O) groups excluding carboxylic acids is 1. The fourth-order valence-corrected chi connectivity index (χ4v) is 3.87. The summed E-state index contributed by atoms with van der Waals surface area (Å²) in [5, 5.41) is 11.3. The van der Waals surface area contributed by atoms with Gasteiger partial charge in [-0.3, -0.25) is 14.5 Å². The minimum absolute atomic E-state index is 0.0170. The first-order valence-corrected chi connectivity index (χ1v) is 10.6. The van der Waals surface area contributed by atoms with Crippen LogP contribution >= 0.6 is 0 Å². The summed E-state index contributed by atoms with van der Waals surface area (Å²) in [4.78, 5) is 17.1. The summed E-state index contributed by atoms with van der Waals surface area (Å²) in [6, 6.07) is 12.1. The van der Waals surface area contributed by atoms with Gasteiger partial charge in [0.2, 0.25) is 5.91 Å². The van der Waals surface area contributed by atoms with Crippen LogP contribution in [-0.4, -0.2) is 27.2 Å². The Morgan fingerprint density at radius 1 is 1.20 bits per heavy atom. The quantitative estimate of drug-likeness (QED) is 0.663. The van der Waals surface area contributed by atoms with Crippen LogP contribution in [0.1, 0.15) is 52.5 Å². The number of carbonyl (C=O) groups is 1. The second kappa shape index (κ2) is 9.22. The lowest BCUT2D eigenvalue weighted by Gasteiger charge is -2.20. The first-order valence-electron chi connectivity index (χ1n) is 10.6. The molecule has 2 N–H and O–H groups in total. The van der Waals surface area contributed by atoms with Gasteiger partial charge in [-0.1, -0.05) is 24.3 Å². The molecule has 4 rings (SSSR count). The smallest absolute Gasteiger partial charge is 0.221 e. The van der Waals surface area contributed by atoms with Gasteiger partial charge in [0, 0.05) is 38.3 Å². The second-order valence-corrected chi connectivity index (χ2v) is 8.01. The molecule has 1 aliphatic rings. The van der Waals surface area contributed by atoms with E-state index in [0.29, 0.717) is 12.8 Å². The molecule has 3 heterocycles. The SMILES string of the molecule is Cc1ccc([C@H](NC(=O)CCc2cc3n(n2)CCCNC3)c2cccnc2)cc1C. The molecule has 0 fully saturated rings. The van der Waals surface area contributed by atoms with E-state index in [1.165, 1.54) is 16.8 Å². The maximum Gasteiger partial charge on any atom is 0.221 e. The highest BCUT2D eigenvalue weighted by Gasteiger charge is 2.18. The highest BCUT2D eigenvalue weighted by atomic mass is 16.1. The molecule has 0 radical (unpaired) electrons. The largest absolute Gasteiger partial charge is 0.345 e. The number of hydrogen-bond donors (Lipinski definition) is 2. The van der Waals surface area contributed by atoms with Crippen molar-refractivity contribution in [1.29, 1.82) is 0 Å². The number of nitrogens with one attached hydrogen (secondary N) is 2. The van der Waals surface area contributed by atoms with Crippen molar-refractivity contribution in [2.24, 2.45) is 0 Å². The summed E-state index contributed by atoms with van der Waals surface area (Å²) in [5.41, 5.74) is 6.68. The molecule has 1 aromatic carbocycles. The molecule has 30 heavy (non-hydrogen) atoms. The molecule has 0 spiro atoms. The molecule has 0 saturated carbocycles. The Labute approximate surface area is 177 Å². The molecule has 2 aromatic heterocycles. The van der Waals surface area contributed by atoms with E-state index in [0.717, 1.165) is 42.9 Å². The van der Waals surface area contributed by atoms with Gasteiger partial charge in [-0.15, -0.1) is 0 Å². The van der Waals surface area contributed by atoms with E-state index in [2.05, 4.69) is 63.5 Å². The number of aromatic nitrogens is 3. The van der Waals surface area contributed by atoms with Crippen LogP contribution in [0.25, 0.3) is 0 Å². The van der Waals surface area contributed by atoms with Crippen LogP contribution in [0.2, 0.25) is 0 Å². The molecule has 0 unspecified atom stereocenters. The molecule has 6 heteroatoms. The number of aryl methyl sites for hydroxylation is 4. The summed E-state index contributed by atoms with van der Waals surface area (Å²) < 4.78 is 2.07. The van der Waals surface area contributed by atoms with E-state index in [-0.39, 0.29) is 11.9 Å². The fraction of sp³-hybridized carbons (Fsp3) is 0.375. The predicted molar refractivity (Wildman–Crippen MR) is 117 cm³/mol. The van der Waals surface area contributed by atoms with Gasteiger partial charge in [0.05, 0.1) is 17.4 Å². The second-order valence-electron chi connectivity index (χ2n) is 8.01. The van der Waals surface area contributed by atoms with Crippen LogP contribution in [0, 0.1) is 13.8 Å². The standard InChI is InChI=1S/C24H29N5O/c1-17-6-7-19(13-18(17)2)24(20-5-3-10-25-15-20)27-23(30)9-8-21-14-22-16-26-11-4-12-29(22)28-21/h3,5-7,10,13-15,24,26H,4,8-9,11-12,16H2,1-2H3,(H,27,30)/t24-/m0/s1. The highest BCUT2D eigenvalue weighted by molar-refractivity contribution is 5.77. The average molecular weight is 404 g/mol. The van der Waals surface area contributed by atoms with Crippen molar-refractivity contribution in [2.45, 2.75) is 52.2 Å². The van der Waals surface area contributed by atoms with Gasteiger partial charge in [0.25, 0.3) is 0 Å². The summed E-state index contributed by atoms with van der Waals surface area (Å²) in [7, 11) is 0. The summed E-state index contributed by atoms with van der Waals surface area (Å²) in [6.07, 6.45) is 5.70. The number of amides is 1. The number of hydrogen-bond acceptors (Lipinski definition) is 4. The third kappa shape index (κ3) is 4.76. The van der Waals surface area contributed by atoms with Crippen molar-refractivity contribution in [2.75, 3.05) is 6.54 Å². The molecule has 156 valence electrons. The zero-order chi connectivity index (χ0) is 20.9. The van der Waals surface area contributed by atoms with Crippen LogP contribution in [0.5, 0.6) is 0 Å². The minimum Gasteiger partial charge on any atom is -0.345 e. The lowest BCUT2D eigenvalue weighted by atomic mass is 9.96. The van der Waals surface area contributed by atoms with Crippen molar-refractivity contribution < 1.29 is 4.79 Å². The van der Waals surface area contributed by atoms with E-state index in [9.17, 15) is 4.79 Å². The first kappa shape index (κ1) is 20.3. The minimum atomic E-state index is -0.214. The Morgan fingerprint density at radius 2 is 2.10 bits per heavy atom. The maximum absolute atomic E-state index is 12.8. The maximum atomic E-state index is 12.8. The van der Waals surface area contributed by atoms with E-state index < -0.39 is 0 Å². The number of pyridine rings is 1. The monoisotopic (exact) mass is 403 g/mol. The number of benzene rings is 1. The Balaban J connectivity index is 1.46. The van der Waals surface area contributed by atoms with Crippen molar-refractivity contribution in [3.63, 3.8) is 0 Å². The van der Waals surface area contributed by atoms with Crippen LogP contribution in [0.15, 0.2) is 48.8 Å². The summed E-state index contributed by atoms with van der Waals surface area (Å²) >= 11 is 0. The van der Waals surface area contributed by atoms with Crippen LogP contribution < -0.4 is 10.6 Å². The predicted octanol–water partition coefficient (Wildman–Crippen LogP) is 3.23. The summed E-state index contributed by atoms with van der Waals surface area (Å²) in [5.74, 6) is 0.0170. The molecule has 1 amide bonds. The van der Waals surface area contributed by atoms with E-state index in [1.807, 2.05) is 18.3 Å². The van der Waals surface area contributed by atoms with Gasteiger partial charge in [0.15, 0.2) is 0 Å². The number of fused-ring (bicyclic) bond motifs is 1. The van der Waals surface area contributed by atoms with Crippen LogP contribution in [0.3, 0.4) is 0 Å². The average Bonchev–Trinajstić information content (AvgIpc) is 3.02. The molecule has 1 aliphatic heterocycles. The van der Waals surface area contributed by atoms with Crippen molar-refractivity contribution in [1.82, 2.24) is 25.4 Å². The van der Waals surface area contributed by atoms with Crippen molar-refractivity contribution >= 4 is 5.91 Å². The molecule has 0 aliphatic carbocycles. The van der Waals surface area contributed by atoms with Crippen LogP contribution in [0.4, 0.5) is 0 Å². The number of nitrogens with zero attached hydrogens (tertiary/aromatic N) is 3. The molecule has 6 nitrogen and oxygen atoms in total. The lowest BCUT2D eigenvalue weighted by molar-refractivity contribution is -0.121. The lowest BCUT2D eigenvalue weighted by Crippen LogP contribution is -2.29. The molecular weight excluding hydrogens is 374 g/mol. The van der Waals surface area contributed by atoms with Gasteiger partial charge in [0.1, 0.15) is 0 Å². The molecular formula is C24H29N5O. The fourth-order valence-electron chi connectivity index (χ4n) is 3.87. The van der Waals surface area contributed by atoms with E-state index >= 15 is 0 Å². The first-order chi connectivity index (χ1) is 14.6. The number of rotatable bonds is 6. The third-order valence-corrected chi connectivity index (χ3v) is 5.74.